The second-order valence-corrected chi connectivity index (χ2v) is 9.42. The molecule has 1 aromatic carbocycles. The van der Waals surface area contributed by atoms with Gasteiger partial charge in [0.15, 0.2) is 23.1 Å². The van der Waals surface area contributed by atoms with E-state index in [4.69, 9.17) is 5.73 Å². The zero-order chi connectivity index (χ0) is 25.5. The molecule has 2 aliphatic rings. The SMILES string of the molecule is NC(CC(=O)C1CNCc2c(C(F)(F)F)nc(C(=O)N3CCSC3)n21)Cc1cc(F)c(F)cc1F. The summed E-state index contributed by atoms with van der Waals surface area (Å²) in [6, 6.07) is -1.23. The number of thioether (sulfide) groups is 1. The van der Waals surface area contributed by atoms with Gasteiger partial charge in [0.05, 0.1) is 11.6 Å². The van der Waals surface area contributed by atoms with E-state index in [9.17, 15) is 35.9 Å². The summed E-state index contributed by atoms with van der Waals surface area (Å²) in [5, 5.41) is 2.75. The van der Waals surface area contributed by atoms with Crippen LogP contribution in [-0.2, 0) is 23.9 Å². The van der Waals surface area contributed by atoms with E-state index < -0.39 is 65.3 Å². The Morgan fingerprint density at radius 2 is 1.91 bits per heavy atom. The number of nitrogens with one attached hydrogen (secondary N) is 1. The predicted molar refractivity (Wildman–Crippen MR) is 114 cm³/mol. The Morgan fingerprint density at radius 3 is 2.57 bits per heavy atom. The molecule has 14 heteroatoms. The number of nitrogens with zero attached hydrogens (tertiary/aromatic N) is 3. The number of halogens is 6. The molecule has 7 nitrogen and oxygen atoms in total. The summed E-state index contributed by atoms with van der Waals surface area (Å²) in [5.41, 5.74) is 4.14. The maximum atomic E-state index is 14.0. The summed E-state index contributed by atoms with van der Waals surface area (Å²) in [4.78, 5) is 31.1. The van der Waals surface area contributed by atoms with E-state index >= 15 is 0 Å². The summed E-state index contributed by atoms with van der Waals surface area (Å²) in [5.74, 6) is -4.55. The van der Waals surface area contributed by atoms with Crippen LogP contribution in [0.15, 0.2) is 12.1 Å². The third-order valence-electron chi connectivity index (χ3n) is 5.86. The highest BCUT2D eigenvalue weighted by atomic mass is 32.2. The van der Waals surface area contributed by atoms with Gasteiger partial charge < -0.3 is 20.5 Å². The first-order valence-corrected chi connectivity index (χ1v) is 11.8. The molecule has 0 saturated carbocycles. The van der Waals surface area contributed by atoms with Crippen molar-refractivity contribution in [1.29, 1.82) is 0 Å². The minimum absolute atomic E-state index is 0.0687. The number of carbonyl (C=O) groups is 2. The van der Waals surface area contributed by atoms with Crippen LogP contribution in [0.1, 0.15) is 40.0 Å². The monoisotopic (exact) mass is 521 g/mol. The largest absolute Gasteiger partial charge is 0.435 e. The zero-order valence-corrected chi connectivity index (χ0v) is 19.0. The molecular weight excluding hydrogens is 500 g/mol. The average Bonchev–Trinajstić information content (AvgIpc) is 3.45. The number of amides is 1. The molecule has 1 saturated heterocycles. The Balaban J connectivity index is 1.61. The second kappa shape index (κ2) is 9.82. The number of imidazole rings is 1. The number of Topliss-reactive ketones (excluding diaryl/α,β-unsaturated/α-hetero) is 1. The fourth-order valence-electron chi connectivity index (χ4n) is 4.21. The number of hydrogen-bond acceptors (Lipinski definition) is 6. The topological polar surface area (TPSA) is 93.2 Å². The van der Waals surface area contributed by atoms with Gasteiger partial charge in [-0.15, -0.1) is 11.8 Å². The fourth-order valence-corrected chi connectivity index (χ4v) is 5.16. The standard InChI is InChI=1S/C21H21F6N5O2S/c22-12-6-14(24)13(23)4-10(12)3-11(28)5-17(33)15-7-29-8-16-18(21(25,26)27)30-19(32(15)16)20(34)31-1-2-35-9-31/h4,6,11,15,29H,1-3,5,7-9,28H2. The second-order valence-electron chi connectivity index (χ2n) is 8.34. The van der Waals surface area contributed by atoms with Crippen LogP contribution in [0.25, 0.3) is 0 Å². The van der Waals surface area contributed by atoms with Crippen molar-refractivity contribution in [3.63, 3.8) is 0 Å². The maximum absolute atomic E-state index is 14.0. The molecule has 4 rings (SSSR count). The summed E-state index contributed by atoms with van der Waals surface area (Å²) >= 11 is 1.44. The molecule has 1 aromatic heterocycles. The van der Waals surface area contributed by atoms with E-state index in [1.165, 1.54) is 16.7 Å². The number of rotatable bonds is 6. The van der Waals surface area contributed by atoms with Gasteiger partial charge >= 0.3 is 6.18 Å². The lowest BCUT2D eigenvalue weighted by Crippen LogP contribution is -2.42. The van der Waals surface area contributed by atoms with Crippen molar-refractivity contribution < 1.29 is 35.9 Å². The number of carbonyl (C=O) groups excluding carboxylic acids is 2. The third-order valence-corrected chi connectivity index (χ3v) is 6.82. The fraction of sp³-hybridized carbons (Fsp3) is 0.476. The van der Waals surface area contributed by atoms with Gasteiger partial charge in [0.25, 0.3) is 5.91 Å². The normalized spacial score (nSPS) is 19.1. The van der Waals surface area contributed by atoms with E-state index in [1.807, 2.05) is 0 Å². The van der Waals surface area contributed by atoms with Gasteiger partial charge in [0.2, 0.25) is 5.82 Å². The molecule has 35 heavy (non-hydrogen) atoms. The summed E-state index contributed by atoms with van der Waals surface area (Å²) in [7, 11) is 0. The van der Waals surface area contributed by atoms with E-state index in [0.717, 1.165) is 4.57 Å². The Morgan fingerprint density at radius 1 is 1.20 bits per heavy atom. The number of benzene rings is 1. The lowest BCUT2D eigenvalue weighted by atomic mass is 9.97. The minimum Gasteiger partial charge on any atom is -0.327 e. The average molecular weight is 521 g/mol. The lowest BCUT2D eigenvalue weighted by molar-refractivity contribution is -0.142. The van der Waals surface area contributed by atoms with E-state index in [0.29, 0.717) is 30.3 Å². The van der Waals surface area contributed by atoms with Crippen LogP contribution >= 0.6 is 11.8 Å². The van der Waals surface area contributed by atoms with E-state index in [2.05, 4.69) is 10.3 Å². The molecule has 2 atom stereocenters. The zero-order valence-electron chi connectivity index (χ0n) is 18.2. The molecule has 2 aromatic rings. The van der Waals surface area contributed by atoms with Crippen LogP contribution in [0, 0.1) is 17.5 Å². The Bertz CT molecular complexity index is 1150. The van der Waals surface area contributed by atoms with Crippen molar-refractivity contribution in [1.82, 2.24) is 19.8 Å². The first kappa shape index (κ1) is 25.5. The number of nitrogens with two attached hydrogens (primary N) is 1. The molecular formula is C21H21F6N5O2S. The van der Waals surface area contributed by atoms with Crippen molar-refractivity contribution in [3.8, 4) is 0 Å². The smallest absolute Gasteiger partial charge is 0.327 e. The first-order chi connectivity index (χ1) is 16.5. The molecule has 190 valence electrons. The molecule has 2 aliphatic heterocycles. The Kier molecular flexibility index (Phi) is 7.16. The quantitative estimate of drug-likeness (QED) is 0.449. The summed E-state index contributed by atoms with van der Waals surface area (Å²) in [6.07, 6.45) is -5.56. The Labute approximate surface area is 200 Å². The van der Waals surface area contributed by atoms with Gasteiger partial charge in [-0.25, -0.2) is 18.2 Å². The molecule has 2 unspecified atom stereocenters. The Hall–Kier alpha value is -2.58. The van der Waals surface area contributed by atoms with Gasteiger partial charge in [0.1, 0.15) is 11.9 Å². The highest BCUT2D eigenvalue weighted by molar-refractivity contribution is 7.99. The first-order valence-electron chi connectivity index (χ1n) is 10.6. The molecule has 3 heterocycles. The van der Waals surface area contributed by atoms with E-state index in [-0.39, 0.29) is 30.8 Å². The van der Waals surface area contributed by atoms with Crippen LogP contribution in [0.2, 0.25) is 0 Å². The highest BCUT2D eigenvalue weighted by Crippen LogP contribution is 2.35. The van der Waals surface area contributed by atoms with Crippen molar-refractivity contribution in [2.45, 2.75) is 37.6 Å². The number of ketones is 1. The molecule has 1 amide bonds. The molecule has 3 N–H and O–H groups in total. The highest BCUT2D eigenvalue weighted by Gasteiger charge is 2.44. The number of hydrogen-bond donors (Lipinski definition) is 2. The summed E-state index contributed by atoms with van der Waals surface area (Å²) < 4.78 is 82.7. The molecule has 0 bridgehead atoms. The predicted octanol–water partition coefficient (Wildman–Crippen LogP) is 2.64. The van der Waals surface area contributed by atoms with Gasteiger partial charge in [-0.3, -0.25) is 9.59 Å². The lowest BCUT2D eigenvalue weighted by Gasteiger charge is -2.29. The van der Waals surface area contributed by atoms with Crippen LogP contribution in [0.3, 0.4) is 0 Å². The van der Waals surface area contributed by atoms with Crippen molar-refractivity contribution in [2.24, 2.45) is 5.73 Å². The summed E-state index contributed by atoms with van der Waals surface area (Å²) in [6.45, 7) is 0.0229. The number of aromatic nitrogens is 2. The van der Waals surface area contributed by atoms with Crippen LogP contribution < -0.4 is 11.1 Å². The molecule has 0 radical (unpaired) electrons. The molecule has 0 spiro atoms. The van der Waals surface area contributed by atoms with Gasteiger partial charge in [-0.1, -0.05) is 0 Å². The number of fused-ring (bicyclic) bond motifs is 1. The number of alkyl halides is 3. The van der Waals surface area contributed by atoms with Crippen molar-refractivity contribution >= 4 is 23.5 Å². The van der Waals surface area contributed by atoms with Gasteiger partial charge in [-0.2, -0.15) is 13.2 Å². The van der Waals surface area contributed by atoms with Crippen molar-refractivity contribution in [2.75, 3.05) is 24.7 Å². The third kappa shape index (κ3) is 5.19. The molecule has 0 aliphatic carbocycles. The van der Waals surface area contributed by atoms with E-state index in [1.54, 1.807) is 0 Å². The van der Waals surface area contributed by atoms with Crippen LogP contribution in [0.4, 0.5) is 26.3 Å². The maximum Gasteiger partial charge on any atom is 0.435 e. The van der Waals surface area contributed by atoms with Crippen LogP contribution in [-0.4, -0.2) is 56.9 Å². The van der Waals surface area contributed by atoms with Crippen LogP contribution in [0.5, 0.6) is 0 Å². The van der Waals surface area contributed by atoms with Gasteiger partial charge in [-0.05, 0) is 18.1 Å². The van der Waals surface area contributed by atoms with Gasteiger partial charge in [0, 0.05) is 43.9 Å². The van der Waals surface area contributed by atoms with Crippen molar-refractivity contribution in [3.05, 3.63) is 52.4 Å². The molecule has 1 fully saturated rings. The minimum atomic E-state index is -4.84.